The fourth-order valence-electron chi connectivity index (χ4n) is 1.91. The third-order valence-corrected chi connectivity index (χ3v) is 4.55. The van der Waals surface area contributed by atoms with Gasteiger partial charge in [-0.2, -0.15) is 0 Å². The van der Waals surface area contributed by atoms with Crippen molar-refractivity contribution in [1.82, 2.24) is 14.8 Å². The molecule has 1 aromatic heterocycles. The second kappa shape index (κ2) is 8.01. The Hall–Kier alpha value is -2.02. The Morgan fingerprint density at radius 2 is 2.00 bits per heavy atom. The first-order valence-corrected chi connectivity index (χ1v) is 8.27. The van der Waals surface area contributed by atoms with Crippen LogP contribution >= 0.6 is 11.8 Å². The standard InChI is InChI=1S/C16H21N3O3S/c1-5-12-6-8-13(9-7-12)22-10-14-17-18-16(19(14)3)23-11(2)15(20)21-4/h6-9,11H,5,10H2,1-4H3/t11-/m0/s1. The molecule has 0 spiro atoms. The molecular formula is C16H21N3O3S. The van der Waals surface area contributed by atoms with Crippen LogP contribution in [-0.4, -0.2) is 33.1 Å². The molecule has 0 saturated heterocycles. The highest BCUT2D eigenvalue weighted by Gasteiger charge is 2.19. The maximum Gasteiger partial charge on any atom is 0.318 e. The molecule has 2 rings (SSSR count). The SMILES string of the molecule is CCc1ccc(OCc2nnc(S[C@@H](C)C(=O)OC)n2C)cc1. The van der Waals surface area contributed by atoms with E-state index >= 15 is 0 Å². The van der Waals surface area contributed by atoms with E-state index in [1.54, 1.807) is 6.92 Å². The first kappa shape index (κ1) is 17.3. The minimum atomic E-state index is -0.335. The normalized spacial score (nSPS) is 12.0. The van der Waals surface area contributed by atoms with Crippen LogP contribution in [0.25, 0.3) is 0 Å². The van der Waals surface area contributed by atoms with Crippen molar-refractivity contribution < 1.29 is 14.3 Å². The van der Waals surface area contributed by atoms with E-state index in [9.17, 15) is 4.79 Å². The highest BCUT2D eigenvalue weighted by molar-refractivity contribution is 8.00. The molecule has 1 heterocycles. The lowest BCUT2D eigenvalue weighted by Crippen LogP contribution is -2.15. The van der Waals surface area contributed by atoms with Crippen LogP contribution in [0.5, 0.6) is 5.75 Å². The van der Waals surface area contributed by atoms with Crippen molar-refractivity contribution in [3.8, 4) is 5.75 Å². The second-order valence-corrected chi connectivity index (χ2v) is 6.34. The third kappa shape index (κ3) is 4.48. The third-order valence-electron chi connectivity index (χ3n) is 3.44. The molecule has 0 N–H and O–H groups in total. The van der Waals surface area contributed by atoms with E-state index in [0.29, 0.717) is 17.6 Å². The Bertz CT molecular complexity index is 655. The molecule has 7 heteroatoms. The lowest BCUT2D eigenvalue weighted by molar-refractivity contribution is -0.139. The second-order valence-electron chi connectivity index (χ2n) is 5.03. The van der Waals surface area contributed by atoms with E-state index in [4.69, 9.17) is 9.47 Å². The molecule has 0 aliphatic heterocycles. The number of ether oxygens (including phenoxy) is 2. The van der Waals surface area contributed by atoms with E-state index in [2.05, 4.69) is 17.1 Å². The Balaban J connectivity index is 1.97. The Morgan fingerprint density at radius 3 is 2.61 bits per heavy atom. The minimum Gasteiger partial charge on any atom is -0.486 e. The largest absolute Gasteiger partial charge is 0.486 e. The van der Waals surface area contributed by atoms with Crippen molar-refractivity contribution in [1.29, 1.82) is 0 Å². The maximum atomic E-state index is 11.5. The number of aryl methyl sites for hydroxylation is 1. The molecule has 6 nitrogen and oxygen atoms in total. The highest BCUT2D eigenvalue weighted by Crippen LogP contribution is 2.22. The number of hydrogen-bond donors (Lipinski definition) is 0. The molecule has 0 radical (unpaired) electrons. The topological polar surface area (TPSA) is 66.2 Å². The first-order chi connectivity index (χ1) is 11.0. The van der Waals surface area contributed by atoms with Crippen LogP contribution in [0.1, 0.15) is 25.2 Å². The molecule has 0 amide bonds. The van der Waals surface area contributed by atoms with Gasteiger partial charge in [-0.3, -0.25) is 4.79 Å². The predicted molar refractivity (Wildman–Crippen MR) is 88.5 cm³/mol. The minimum absolute atomic E-state index is 0.285. The number of carbonyl (C=O) groups is 1. The lowest BCUT2D eigenvalue weighted by atomic mass is 10.2. The number of nitrogens with zero attached hydrogens (tertiary/aromatic N) is 3. The van der Waals surface area contributed by atoms with Gasteiger partial charge in [-0.25, -0.2) is 0 Å². The van der Waals surface area contributed by atoms with E-state index in [0.717, 1.165) is 12.2 Å². The van der Waals surface area contributed by atoms with Gasteiger partial charge in [0, 0.05) is 7.05 Å². The van der Waals surface area contributed by atoms with Gasteiger partial charge in [-0.15, -0.1) is 10.2 Å². The summed E-state index contributed by atoms with van der Waals surface area (Å²) in [5, 5.41) is 8.54. The van der Waals surface area contributed by atoms with Crippen molar-refractivity contribution in [2.75, 3.05) is 7.11 Å². The Morgan fingerprint density at radius 1 is 1.30 bits per heavy atom. The number of hydrogen-bond acceptors (Lipinski definition) is 6. The molecule has 0 aliphatic rings. The summed E-state index contributed by atoms with van der Waals surface area (Å²) in [7, 11) is 3.23. The molecule has 0 saturated carbocycles. The van der Waals surface area contributed by atoms with Crippen LogP contribution < -0.4 is 4.74 Å². The number of rotatable bonds is 7. The van der Waals surface area contributed by atoms with Gasteiger partial charge in [-0.1, -0.05) is 30.8 Å². The summed E-state index contributed by atoms with van der Waals surface area (Å²) in [4.78, 5) is 11.5. The van der Waals surface area contributed by atoms with Crippen LogP contribution in [-0.2, 0) is 29.6 Å². The van der Waals surface area contributed by atoms with Gasteiger partial charge in [-0.05, 0) is 31.0 Å². The van der Waals surface area contributed by atoms with Gasteiger partial charge >= 0.3 is 5.97 Å². The zero-order chi connectivity index (χ0) is 16.8. The van der Waals surface area contributed by atoms with E-state index in [1.165, 1.54) is 24.4 Å². The molecule has 1 aromatic carbocycles. The molecule has 0 aliphatic carbocycles. The van der Waals surface area contributed by atoms with Gasteiger partial charge < -0.3 is 14.0 Å². The number of aromatic nitrogens is 3. The van der Waals surface area contributed by atoms with Crippen LogP contribution in [0, 0.1) is 0 Å². The van der Waals surface area contributed by atoms with Crippen molar-refractivity contribution in [2.45, 2.75) is 37.3 Å². The summed E-state index contributed by atoms with van der Waals surface area (Å²) in [6, 6.07) is 7.99. The quantitative estimate of drug-likeness (QED) is 0.572. The van der Waals surface area contributed by atoms with E-state index in [1.807, 2.05) is 35.9 Å². The summed E-state index contributed by atoms with van der Waals surface area (Å²) in [6.45, 7) is 4.21. The van der Waals surface area contributed by atoms with E-state index in [-0.39, 0.29) is 11.2 Å². The average Bonchev–Trinajstić information content (AvgIpc) is 2.92. The molecule has 23 heavy (non-hydrogen) atoms. The van der Waals surface area contributed by atoms with Gasteiger partial charge in [0.1, 0.15) is 17.6 Å². The number of esters is 1. The monoisotopic (exact) mass is 335 g/mol. The number of carbonyl (C=O) groups excluding carboxylic acids is 1. The van der Waals surface area contributed by atoms with Gasteiger partial charge in [0.15, 0.2) is 11.0 Å². The number of thioether (sulfide) groups is 1. The molecule has 0 unspecified atom stereocenters. The molecule has 0 fully saturated rings. The Kier molecular flexibility index (Phi) is 6.04. The van der Waals surface area contributed by atoms with Crippen molar-refractivity contribution in [2.24, 2.45) is 7.05 Å². The lowest BCUT2D eigenvalue weighted by Gasteiger charge is -2.09. The van der Waals surface area contributed by atoms with Crippen LogP contribution in [0.2, 0.25) is 0 Å². The van der Waals surface area contributed by atoms with Crippen LogP contribution in [0.3, 0.4) is 0 Å². The molecule has 124 valence electrons. The van der Waals surface area contributed by atoms with Crippen LogP contribution in [0.15, 0.2) is 29.4 Å². The predicted octanol–water partition coefficient (Wildman–Crippen LogP) is 2.61. The molecule has 0 bridgehead atoms. The summed E-state index contributed by atoms with van der Waals surface area (Å²) in [5.41, 5.74) is 1.27. The number of methoxy groups -OCH3 is 1. The number of benzene rings is 1. The van der Waals surface area contributed by atoms with Crippen molar-refractivity contribution in [3.63, 3.8) is 0 Å². The zero-order valence-electron chi connectivity index (χ0n) is 13.8. The highest BCUT2D eigenvalue weighted by atomic mass is 32.2. The zero-order valence-corrected chi connectivity index (χ0v) is 14.6. The summed E-state index contributed by atoms with van der Waals surface area (Å²) in [6.07, 6.45) is 1.00. The molecular weight excluding hydrogens is 314 g/mol. The average molecular weight is 335 g/mol. The summed E-state index contributed by atoms with van der Waals surface area (Å²) < 4.78 is 12.3. The summed E-state index contributed by atoms with van der Waals surface area (Å²) in [5.74, 6) is 1.21. The fraction of sp³-hybridized carbons (Fsp3) is 0.438. The smallest absolute Gasteiger partial charge is 0.318 e. The van der Waals surface area contributed by atoms with Gasteiger partial charge in [0.2, 0.25) is 0 Å². The van der Waals surface area contributed by atoms with Crippen molar-refractivity contribution in [3.05, 3.63) is 35.7 Å². The first-order valence-electron chi connectivity index (χ1n) is 7.39. The van der Waals surface area contributed by atoms with Crippen LogP contribution in [0.4, 0.5) is 0 Å². The molecule has 1 atom stereocenters. The maximum absolute atomic E-state index is 11.5. The Labute approximate surface area is 140 Å². The van der Waals surface area contributed by atoms with Crippen molar-refractivity contribution >= 4 is 17.7 Å². The van der Waals surface area contributed by atoms with Gasteiger partial charge in [0.25, 0.3) is 0 Å². The van der Waals surface area contributed by atoms with Gasteiger partial charge in [0.05, 0.1) is 7.11 Å². The fourth-order valence-corrected chi connectivity index (χ4v) is 2.77. The summed E-state index contributed by atoms with van der Waals surface area (Å²) >= 11 is 1.31. The molecule has 2 aromatic rings. The van der Waals surface area contributed by atoms with E-state index < -0.39 is 0 Å².